The second-order valence-electron chi connectivity index (χ2n) is 4.88. The van der Waals surface area contributed by atoms with E-state index in [2.05, 4.69) is 10.5 Å². The number of carbonyl (C=O) groups is 1. The van der Waals surface area contributed by atoms with E-state index in [9.17, 15) is 4.79 Å². The van der Waals surface area contributed by atoms with Crippen LogP contribution in [0.4, 0.5) is 0 Å². The Balaban J connectivity index is 1.80. The van der Waals surface area contributed by atoms with Crippen LogP contribution in [0.3, 0.4) is 0 Å². The van der Waals surface area contributed by atoms with Gasteiger partial charge in [-0.15, -0.1) is 0 Å². The molecular weight excluding hydrogens is 300 g/mol. The predicted molar refractivity (Wildman–Crippen MR) is 88.6 cm³/mol. The van der Waals surface area contributed by atoms with E-state index in [1.807, 2.05) is 44.2 Å². The molecule has 0 saturated carbocycles. The van der Waals surface area contributed by atoms with Gasteiger partial charge < -0.3 is 4.74 Å². The Morgan fingerprint density at radius 3 is 2.59 bits per heavy atom. The lowest BCUT2D eigenvalue weighted by atomic mass is 10.1. The molecule has 2 aromatic carbocycles. The summed E-state index contributed by atoms with van der Waals surface area (Å²) in [6.07, 6.45) is 1.55. The first-order chi connectivity index (χ1) is 10.5. The van der Waals surface area contributed by atoms with Crippen molar-refractivity contribution in [2.45, 2.75) is 13.8 Å². The number of ether oxygens (including phenoxy) is 1. The molecule has 0 radical (unpaired) electrons. The fourth-order valence-electron chi connectivity index (χ4n) is 1.71. The van der Waals surface area contributed by atoms with Gasteiger partial charge in [0.05, 0.1) is 6.21 Å². The van der Waals surface area contributed by atoms with Gasteiger partial charge in [0.15, 0.2) is 6.61 Å². The van der Waals surface area contributed by atoms with Crippen molar-refractivity contribution in [1.29, 1.82) is 0 Å². The maximum Gasteiger partial charge on any atom is 0.277 e. The molecule has 4 nitrogen and oxygen atoms in total. The van der Waals surface area contributed by atoms with E-state index in [0.29, 0.717) is 10.8 Å². The Morgan fingerprint density at radius 1 is 1.18 bits per heavy atom. The molecule has 0 spiro atoms. The van der Waals surface area contributed by atoms with Gasteiger partial charge in [0, 0.05) is 5.02 Å². The number of nitrogens with one attached hydrogen (secondary N) is 1. The number of aryl methyl sites for hydroxylation is 2. The van der Waals surface area contributed by atoms with Gasteiger partial charge in [-0.3, -0.25) is 4.79 Å². The average molecular weight is 317 g/mol. The summed E-state index contributed by atoms with van der Waals surface area (Å²) in [5.41, 5.74) is 5.57. The predicted octanol–water partition coefficient (Wildman–Crippen LogP) is 3.49. The van der Waals surface area contributed by atoms with Crippen molar-refractivity contribution in [3.8, 4) is 5.75 Å². The molecule has 22 heavy (non-hydrogen) atoms. The second kappa shape index (κ2) is 7.61. The minimum atomic E-state index is -0.316. The molecule has 1 amide bonds. The molecule has 114 valence electrons. The number of amides is 1. The van der Waals surface area contributed by atoms with Crippen molar-refractivity contribution >= 4 is 23.7 Å². The van der Waals surface area contributed by atoms with Crippen molar-refractivity contribution in [2.75, 3.05) is 6.61 Å². The molecule has 1 N–H and O–H groups in total. The quantitative estimate of drug-likeness (QED) is 0.678. The van der Waals surface area contributed by atoms with Crippen LogP contribution in [0, 0.1) is 13.8 Å². The van der Waals surface area contributed by atoms with Crippen molar-refractivity contribution in [2.24, 2.45) is 5.10 Å². The number of rotatable bonds is 5. The van der Waals surface area contributed by atoms with E-state index >= 15 is 0 Å². The summed E-state index contributed by atoms with van der Waals surface area (Å²) < 4.78 is 5.42. The van der Waals surface area contributed by atoms with Crippen LogP contribution < -0.4 is 10.2 Å². The lowest BCUT2D eigenvalue weighted by molar-refractivity contribution is -0.123. The maximum atomic E-state index is 11.6. The highest BCUT2D eigenvalue weighted by Crippen LogP contribution is 2.16. The lowest BCUT2D eigenvalue weighted by Crippen LogP contribution is -2.24. The first kappa shape index (κ1) is 16.0. The second-order valence-corrected chi connectivity index (χ2v) is 5.32. The molecule has 0 atom stereocenters. The third kappa shape index (κ3) is 4.90. The molecular formula is C17H17ClN2O2. The zero-order valence-corrected chi connectivity index (χ0v) is 13.2. The van der Waals surface area contributed by atoms with Gasteiger partial charge in [0.2, 0.25) is 0 Å². The van der Waals surface area contributed by atoms with Crippen LogP contribution in [-0.2, 0) is 4.79 Å². The zero-order chi connectivity index (χ0) is 15.9. The summed E-state index contributed by atoms with van der Waals surface area (Å²) >= 11 is 5.79. The molecule has 0 aliphatic rings. The van der Waals surface area contributed by atoms with Crippen molar-refractivity contribution in [3.63, 3.8) is 0 Å². The van der Waals surface area contributed by atoms with Gasteiger partial charge in [-0.1, -0.05) is 29.8 Å². The van der Waals surface area contributed by atoms with Crippen molar-refractivity contribution < 1.29 is 9.53 Å². The molecule has 0 bridgehead atoms. The average Bonchev–Trinajstić information content (AvgIpc) is 2.50. The van der Waals surface area contributed by atoms with Gasteiger partial charge in [-0.05, 0) is 54.8 Å². The minimum absolute atomic E-state index is 0.0829. The normalized spacial score (nSPS) is 10.7. The summed E-state index contributed by atoms with van der Waals surface area (Å²) in [4.78, 5) is 11.6. The van der Waals surface area contributed by atoms with Crippen LogP contribution in [0.15, 0.2) is 47.6 Å². The highest BCUT2D eigenvalue weighted by molar-refractivity contribution is 6.30. The van der Waals surface area contributed by atoms with E-state index in [1.54, 1.807) is 18.3 Å². The minimum Gasteiger partial charge on any atom is -0.484 e. The monoisotopic (exact) mass is 316 g/mol. The van der Waals surface area contributed by atoms with E-state index in [0.717, 1.165) is 11.1 Å². The zero-order valence-electron chi connectivity index (χ0n) is 12.5. The highest BCUT2D eigenvalue weighted by Gasteiger charge is 2.02. The number of hydrogen-bond donors (Lipinski definition) is 1. The van der Waals surface area contributed by atoms with Crippen LogP contribution >= 0.6 is 11.6 Å². The van der Waals surface area contributed by atoms with Crippen molar-refractivity contribution in [1.82, 2.24) is 5.43 Å². The third-order valence-electron chi connectivity index (χ3n) is 3.12. The fourth-order valence-corrected chi connectivity index (χ4v) is 1.84. The van der Waals surface area contributed by atoms with Gasteiger partial charge in [-0.2, -0.15) is 5.10 Å². The van der Waals surface area contributed by atoms with E-state index in [1.165, 1.54) is 5.56 Å². The maximum absolute atomic E-state index is 11.6. The standard InChI is InChI=1S/C17H17ClN2O2/c1-12-3-8-16(9-13(12)2)22-11-17(21)20-19-10-14-4-6-15(18)7-5-14/h3-10H,11H2,1-2H3,(H,20,21). The smallest absolute Gasteiger partial charge is 0.277 e. The van der Waals surface area contributed by atoms with Gasteiger partial charge in [0.25, 0.3) is 5.91 Å². The Morgan fingerprint density at radius 2 is 1.91 bits per heavy atom. The van der Waals surface area contributed by atoms with Gasteiger partial charge in [0.1, 0.15) is 5.75 Å². The summed E-state index contributed by atoms with van der Waals surface area (Å²) in [7, 11) is 0. The van der Waals surface area contributed by atoms with Gasteiger partial charge >= 0.3 is 0 Å². The number of nitrogens with zero attached hydrogens (tertiary/aromatic N) is 1. The topological polar surface area (TPSA) is 50.7 Å². The van der Waals surface area contributed by atoms with Crippen LogP contribution in [0.2, 0.25) is 5.02 Å². The molecule has 0 fully saturated rings. The summed E-state index contributed by atoms with van der Waals surface area (Å²) in [5, 5.41) is 4.52. The first-order valence-corrected chi connectivity index (χ1v) is 7.20. The first-order valence-electron chi connectivity index (χ1n) is 6.82. The van der Waals surface area contributed by atoms with E-state index < -0.39 is 0 Å². The van der Waals surface area contributed by atoms with Crippen LogP contribution in [0.5, 0.6) is 5.75 Å². The van der Waals surface area contributed by atoms with Crippen molar-refractivity contribution in [3.05, 3.63) is 64.2 Å². The fraction of sp³-hybridized carbons (Fsp3) is 0.176. The van der Waals surface area contributed by atoms with E-state index in [-0.39, 0.29) is 12.5 Å². The van der Waals surface area contributed by atoms with Gasteiger partial charge in [-0.25, -0.2) is 5.43 Å². The molecule has 0 aromatic heterocycles. The number of carbonyl (C=O) groups excluding carboxylic acids is 1. The molecule has 5 heteroatoms. The molecule has 0 saturated heterocycles. The molecule has 2 rings (SSSR count). The number of benzene rings is 2. The van der Waals surface area contributed by atoms with Crippen LogP contribution in [0.1, 0.15) is 16.7 Å². The molecule has 0 heterocycles. The summed E-state index contributed by atoms with van der Waals surface area (Å²) in [6, 6.07) is 12.8. The molecule has 2 aromatic rings. The summed E-state index contributed by atoms with van der Waals surface area (Å²) in [5.74, 6) is 0.350. The Kier molecular flexibility index (Phi) is 5.55. The molecule has 0 aliphatic carbocycles. The third-order valence-corrected chi connectivity index (χ3v) is 3.37. The Labute approximate surface area is 134 Å². The number of halogens is 1. The Hall–Kier alpha value is -2.33. The number of hydrogen-bond acceptors (Lipinski definition) is 3. The largest absolute Gasteiger partial charge is 0.484 e. The highest BCUT2D eigenvalue weighted by atomic mass is 35.5. The van der Waals surface area contributed by atoms with Crippen LogP contribution in [0.25, 0.3) is 0 Å². The number of hydrazone groups is 1. The lowest BCUT2D eigenvalue weighted by Gasteiger charge is -2.07. The summed E-state index contributed by atoms with van der Waals surface area (Å²) in [6.45, 7) is 3.94. The van der Waals surface area contributed by atoms with Crippen LogP contribution in [-0.4, -0.2) is 18.7 Å². The molecule has 0 aliphatic heterocycles. The molecule has 0 unspecified atom stereocenters. The van der Waals surface area contributed by atoms with E-state index in [4.69, 9.17) is 16.3 Å². The SMILES string of the molecule is Cc1ccc(OCC(=O)NN=Cc2ccc(Cl)cc2)cc1C. The Bertz CT molecular complexity index is 682.